The van der Waals surface area contributed by atoms with E-state index in [1.54, 1.807) is 6.92 Å². The molecule has 0 spiro atoms. The highest BCUT2D eigenvalue weighted by Crippen LogP contribution is 2.25. The highest BCUT2D eigenvalue weighted by Gasteiger charge is 2.11. The van der Waals surface area contributed by atoms with Crippen molar-refractivity contribution in [1.29, 1.82) is 0 Å². The zero-order valence-electron chi connectivity index (χ0n) is 8.88. The lowest BCUT2D eigenvalue weighted by Crippen LogP contribution is -2.20. The first-order valence-corrected chi connectivity index (χ1v) is 5.20. The average molecular weight is 205 g/mol. The van der Waals surface area contributed by atoms with Crippen LogP contribution in [0, 0.1) is 0 Å². The van der Waals surface area contributed by atoms with Crippen molar-refractivity contribution in [2.24, 2.45) is 0 Å². The van der Waals surface area contributed by atoms with E-state index >= 15 is 0 Å². The molecule has 0 radical (unpaired) electrons. The third-order valence-corrected chi connectivity index (χ3v) is 2.46. The number of rotatable bonds is 4. The number of hydrogen-bond acceptors (Lipinski definition) is 3. The number of Topliss-reactive ketones (excluding diaryl/α,β-unsaturated/α-hetero) is 1. The van der Waals surface area contributed by atoms with Crippen molar-refractivity contribution in [2.75, 3.05) is 13.2 Å². The van der Waals surface area contributed by atoms with E-state index in [0.29, 0.717) is 6.54 Å². The Hall–Kier alpha value is -1.35. The van der Waals surface area contributed by atoms with Crippen molar-refractivity contribution in [1.82, 2.24) is 5.32 Å². The van der Waals surface area contributed by atoms with Gasteiger partial charge in [-0.3, -0.25) is 4.79 Å². The van der Waals surface area contributed by atoms with Gasteiger partial charge >= 0.3 is 0 Å². The molecular weight excluding hydrogens is 190 g/mol. The minimum absolute atomic E-state index is 0.166. The van der Waals surface area contributed by atoms with E-state index in [2.05, 4.69) is 11.4 Å². The van der Waals surface area contributed by atoms with E-state index in [9.17, 15) is 4.79 Å². The van der Waals surface area contributed by atoms with Gasteiger partial charge in [0.2, 0.25) is 0 Å². The molecule has 1 aromatic rings. The van der Waals surface area contributed by atoms with E-state index in [1.165, 1.54) is 11.1 Å². The fourth-order valence-electron chi connectivity index (χ4n) is 1.73. The number of carbonyl (C=O) groups excluding carboxylic acids is 1. The lowest BCUT2D eigenvalue weighted by molar-refractivity contribution is -0.116. The van der Waals surface area contributed by atoms with Gasteiger partial charge in [0.25, 0.3) is 0 Å². The van der Waals surface area contributed by atoms with Crippen molar-refractivity contribution in [2.45, 2.75) is 19.9 Å². The lowest BCUT2D eigenvalue weighted by atomic mass is 10.1. The van der Waals surface area contributed by atoms with E-state index in [-0.39, 0.29) is 5.78 Å². The van der Waals surface area contributed by atoms with Gasteiger partial charge in [-0.25, -0.2) is 0 Å². The summed E-state index contributed by atoms with van der Waals surface area (Å²) in [5, 5.41) is 3.10. The first kappa shape index (κ1) is 10.2. The maximum atomic E-state index is 10.7. The number of carbonyl (C=O) groups is 1. The lowest BCUT2D eigenvalue weighted by Gasteiger charge is -2.04. The number of ketones is 1. The Morgan fingerprint density at radius 1 is 1.53 bits per heavy atom. The van der Waals surface area contributed by atoms with Gasteiger partial charge in [-0.05, 0) is 24.1 Å². The minimum atomic E-state index is 0.166. The van der Waals surface area contributed by atoms with Crippen LogP contribution in [-0.2, 0) is 17.8 Å². The SMILES string of the molecule is CC(=O)CNCc1ccc2c(c1)CCO2. The Kier molecular flexibility index (Phi) is 3.02. The van der Waals surface area contributed by atoms with E-state index in [0.717, 1.165) is 25.3 Å². The second kappa shape index (κ2) is 4.45. The fraction of sp³-hybridized carbons (Fsp3) is 0.417. The molecule has 15 heavy (non-hydrogen) atoms. The Bertz CT molecular complexity index is 374. The van der Waals surface area contributed by atoms with Crippen LogP contribution in [0.15, 0.2) is 18.2 Å². The molecule has 80 valence electrons. The quantitative estimate of drug-likeness (QED) is 0.805. The summed E-state index contributed by atoms with van der Waals surface area (Å²) in [6.07, 6.45) is 0.996. The maximum Gasteiger partial charge on any atom is 0.143 e. The highest BCUT2D eigenvalue weighted by atomic mass is 16.5. The highest BCUT2D eigenvalue weighted by molar-refractivity contribution is 5.77. The minimum Gasteiger partial charge on any atom is -0.493 e. The predicted octanol–water partition coefficient (Wildman–Crippen LogP) is 1.30. The molecule has 0 amide bonds. The smallest absolute Gasteiger partial charge is 0.143 e. The summed E-state index contributed by atoms with van der Waals surface area (Å²) < 4.78 is 5.42. The molecule has 2 rings (SSSR count). The summed E-state index contributed by atoms with van der Waals surface area (Å²) in [6, 6.07) is 6.19. The normalized spacial score (nSPS) is 13.4. The van der Waals surface area contributed by atoms with Gasteiger partial charge in [-0.15, -0.1) is 0 Å². The number of ether oxygens (including phenoxy) is 1. The topological polar surface area (TPSA) is 38.3 Å². The van der Waals surface area contributed by atoms with Crippen molar-refractivity contribution in [3.8, 4) is 5.75 Å². The molecule has 1 heterocycles. The monoisotopic (exact) mass is 205 g/mol. The van der Waals surface area contributed by atoms with Crippen molar-refractivity contribution >= 4 is 5.78 Å². The molecule has 0 aromatic heterocycles. The summed E-state index contributed by atoms with van der Waals surface area (Å²) in [7, 11) is 0. The van der Waals surface area contributed by atoms with Gasteiger partial charge in [0.05, 0.1) is 13.2 Å². The van der Waals surface area contributed by atoms with E-state index in [1.807, 2.05) is 12.1 Å². The van der Waals surface area contributed by atoms with Crippen LogP contribution in [0.3, 0.4) is 0 Å². The van der Waals surface area contributed by atoms with Crippen LogP contribution in [0.2, 0.25) is 0 Å². The molecule has 3 heteroatoms. The van der Waals surface area contributed by atoms with Crippen LogP contribution in [0.1, 0.15) is 18.1 Å². The van der Waals surface area contributed by atoms with Gasteiger partial charge in [-0.2, -0.15) is 0 Å². The third kappa shape index (κ3) is 2.57. The van der Waals surface area contributed by atoms with Crippen molar-refractivity contribution < 1.29 is 9.53 Å². The molecule has 0 atom stereocenters. The Morgan fingerprint density at radius 3 is 3.20 bits per heavy atom. The maximum absolute atomic E-state index is 10.7. The van der Waals surface area contributed by atoms with Crippen molar-refractivity contribution in [3.63, 3.8) is 0 Å². The number of hydrogen-bond donors (Lipinski definition) is 1. The molecule has 0 saturated heterocycles. The molecule has 0 fully saturated rings. The first-order chi connectivity index (χ1) is 7.25. The predicted molar refractivity (Wildman–Crippen MR) is 58.0 cm³/mol. The number of benzene rings is 1. The zero-order valence-corrected chi connectivity index (χ0v) is 8.88. The molecule has 3 nitrogen and oxygen atoms in total. The average Bonchev–Trinajstić information content (AvgIpc) is 2.64. The van der Waals surface area contributed by atoms with Gasteiger partial charge in [-0.1, -0.05) is 12.1 Å². The molecule has 0 bridgehead atoms. The van der Waals surface area contributed by atoms with Gasteiger partial charge in [0.1, 0.15) is 11.5 Å². The van der Waals surface area contributed by atoms with E-state index < -0.39 is 0 Å². The second-order valence-corrected chi connectivity index (χ2v) is 3.85. The molecule has 1 N–H and O–H groups in total. The molecule has 0 saturated carbocycles. The summed E-state index contributed by atoms with van der Waals surface area (Å²) in [4.78, 5) is 10.7. The number of nitrogens with one attached hydrogen (secondary N) is 1. The number of fused-ring (bicyclic) bond motifs is 1. The van der Waals surface area contributed by atoms with Crippen LogP contribution >= 0.6 is 0 Å². The molecule has 1 aliphatic heterocycles. The van der Waals surface area contributed by atoms with Crippen LogP contribution in [0.5, 0.6) is 5.75 Å². The first-order valence-electron chi connectivity index (χ1n) is 5.20. The van der Waals surface area contributed by atoms with Crippen LogP contribution in [0.25, 0.3) is 0 Å². The van der Waals surface area contributed by atoms with Crippen molar-refractivity contribution in [3.05, 3.63) is 29.3 Å². The van der Waals surface area contributed by atoms with Gasteiger partial charge in [0, 0.05) is 13.0 Å². The van der Waals surface area contributed by atoms with Crippen LogP contribution in [-0.4, -0.2) is 18.9 Å². The molecule has 1 aromatic carbocycles. The van der Waals surface area contributed by atoms with Gasteiger partial charge < -0.3 is 10.1 Å². The van der Waals surface area contributed by atoms with Gasteiger partial charge in [0.15, 0.2) is 0 Å². The summed E-state index contributed by atoms with van der Waals surface area (Å²) in [5.41, 5.74) is 2.48. The van der Waals surface area contributed by atoms with Crippen LogP contribution in [0.4, 0.5) is 0 Å². The Morgan fingerprint density at radius 2 is 2.40 bits per heavy atom. The summed E-state index contributed by atoms with van der Waals surface area (Å²) in [6.45, 7) is 3.56. The standard InChI is InChI=1S/C12H15NO2/c1-9(14)7-13-8-10-2-3-12-11(6-10)4-5-15-12/h2-3,6,13H,4-5,7-8H2,1H3. The second-order valence-electron chi connectivity index (χ2n) is 3.85. The van der Waals surface area contributed by atoms with E-state index in [4.69, 9.17) is 4.74 Å². The largest absolute Gasteiger partial charge is 0.493 e. The summed E-state index contributed by atoms with van der Waals surface area (Å²) >= 11 is 0. The third-order valence-electron chi connectivity index (χ3n) is 2.46. The fourth-order valence-corrected chi connectivity index (χ4v) is 1.73. The van der Waals surface area contributed by atoms with Crippen LogP contribution < -0.4 is 10.1 Å². The Balaban J connectivity index is 1.95. The molecule has 0 aliphatic carbocycles. The molecule has 1 aliphatic rings. The molecular formula is C12H15NO2. The summed E-state index contributed by atoms with van der Waals surface area (Å²) in [5.74, 6) is 1.17. The Labute approximate surface area is 89.4 Å². The zero-order chi connectivity index (χ0) is 10.7. The molecule has 0 unspecified atom stereocenters.